The molecule has 3 N–H and O–H groups in total. The van der Waals surface area contributed by atoms with E-state index in [1.54, 1.807) is 0 Å². The van der Waals surface area contributed by atoms with Gasteiger partial charge in [-0.25, -0.2) is 5.10 Å². The zero-order valence-corrected chi connectivity index (χ0v) is 6.52. The molecule has 0 saturated carbocycles. The first-order valence-electron chi connectivity index (χ1n) is 1.56. The molecule has 0 aromatic carbocycles. The van der Waals surface area contributed by atoms with Crippen molar-refractivity contribution >= 4 is 5.82 Å². The molecule has 0 bridgehead atoms. The Labute approximate surface area is 66.6 Å². The summed E-state index contributed by atoms with van der Waals surface area (Å²) in [5, 5.41) is 5.99. The number of H-pyrrole nitrogens is 1. The summed E-state index contributed by atoms with van der Waals surface area (Å²) in [7, 11) is 0. The molecule has 0 fully saturated rings. The Balaban J connectivity index is 0.000000360. The van der Waals surface area contributed by atoms with Gasteiger partial charge >= 0.3 is 0 Å². The average molecular weight is 171 g/mol. The van der Waals surface area contributed by atoms with Crippen molar-refractivity contribution in [3.05, 3.63) is 12.3 Å². The van der Waals surface area contributed by atoms with Gasteiger partial charge in [0.1, 0.15) is 0 Å². The molecule has 0 aliphatic carbocycles. The van der Waals surface area contributed by atoms with Crippen LogP contribution in [0.15, 0.2) is 6.20 Å². The van der Waals surface area contributed by atoms with Crippen LogP contribution >= 0.6 is 0 Å². The van der Waals surface area contributed by atoms with Crippen molar-refractivity contribution in [2.45, 2.75) is 0 Å². The van der Waals surface area contributed by atoms with E-state index < -0.39 is 0 Å². The van der Waals surface area contributed by atoms with Crippen LogP contribution in [0.5, 0.6) is 0 Å². The first-order chi connectivity index (χ1) is 2.89. The van der Waals surface area contributed by atoms with Crippen LogP contribution < -0.4 is 5.73 Å². The predicted molar refractivity (Wildman–Crippen MR) is 21.8 cm³/mol. The second kappa shape index (κ2) is 3.16. The monoisotopic (exact) mass is 171 g/mol. The molecule has 7 heavy (non-hydrogen) atoms. The van der Waals surface area contributed by atoms with Crippen LogP contribution in [0.4, 0.5) is 5.82 Å². The summed E-state index contributed by atoms with van der Waals surface area (Å²) < 4.78 is 0. The zero-order chi connectivity index (χ0) is 4.41. The summed E-state index contributed by atoms with van der Waals surface area (Å²) in [4.78, 5) is 0. The number of aromatic amines is 1. The predicted octanol–water partition coefficient (Wildman–Crippen LogP) is -0.210. The number of anilines is 1. The molecule has 35 valence electrons. The third-order valence-corrected chi connectivity index (χ3v) is 0.470. The van der Waals surface area contributed by atoms with E-state index in [4.69, 9.17) is 5.73 Å². The van der Waals surface area contributed by atoms with Crippen molar-refractivity contribution in [2.24, 2.45) is 0 Å². The standard InChI is InChI=1S/C3H4N3.Y/c4-3-1-2-5-6-3;/h2H,(H3,4,5,6);/q-1;. The van der Waals surface area contributed by atoms with Crippen LogP contribution in [0.1, 0.15) is 0 Å². The molecule has 0 aliphatic rings. The Hall–Kier alpha value is 0.114. The van der Waals surface area contributed by atoms with Crippen LogP contribution in [-0.4, -0.2) is 10.2 Å². The molecule has 0 saturated heterocycles. The van der Waals surface area contributed by atoms with Crippen LogP contribution in [0.3, 0.4) is 0 Å². The van der Waals surface area contributed by atoms with Gasteiger partial charge in [-0.05, 0) is 0 Å². The van der Waals surface area contributed by atoms with Gasteiger partial charge in [-0.15, -0.1) is 6.20 Å². The molecular formula is C3H4N3Y-. The largest absolute Gasteiger partial charge is 0.414 e. The fourth-order valence-corrected chi connectivity index (χ4v) is 0.236. The number of hydrogen-bond acceptors (Lipinski definition) is 2. The third kappa shape index (κ3) is 2.04. The third-order valence-electron chi connectivity index (χ3n) is 0.470. The summed E-state index contributed by atoms with van der Waals surface area (Å²) in [6.45, 7) is 0. The summed E-state index contributed by atoms with van der Waals surface area (Å²) >= 11 is 0. The molecule has 0 unspecified atom stereocenters. The summed E-state index contributed by atoms with van der Waals surface area (Å²) in [5.41, 5.74) is 5.10. The summed E-state index contributed by atoms with van der Waals surface area (Å²) in [6.07, 6.45) is 1.48. The fraction of sp³-hybridized carbons (Fsp3) is 0. The molecule has 4 heteroatoms. The molecule has 0 amide bonds. The van der Waals surface area contributed by atoms with E-state index in [0.717, 1.165) is 0 Å². The molecule has 0 aliphatic heterocycles. The van der Waals surface area contributed by atoms with Crippen LogP contribution in [0, 0.1) is 6.07 Å². The smallest absolute Gasteiger partial charge is 0 e. The van der Waals surface area contributed by atoms with E-state index in [1.807, 2.05) is 0 Å². The van der Waals surface area contributed by atoms with E-state index >= 15 is 0 Å². The molecule has 1 aromatic rings. The first-order valence-corrected chi connectivity index (χ1v) is 1.56. The fourth-order valence-electron chi connectivity index (χ4n) is 0.236. The second-order valence-electron chi connectivity index (χ2n) is 0.928. The van der Waals surface area contributed by atoms with E-state index in [9.17, 15) is 0 Å². The van der Waals surface area contributed by atoms with Gasteiger partial charge in [0.25, 0.3) is 0 Å². The summed E-state index contributed by atoms with van der Waals surface area (Å²) in [5.74, 6) is 0.481. The van der Waals surface area contributed by atoms with Gasteiger partial charge in [-0.2, -0.15) is 0 Å². The first kappa shape index (κ1) is 7.11. The average Bonchev–Trinajstić information content (AvgIpc) is 1.86. The van der Waals surface area contributed by atoms with Crippen molar-refractivity contribution in [2.75, 3.05) is 5.73 Å². The van der Waals surface area contributed by atoms with Gasteiger partial charge in [-0.1, -0.05) is 5.82 Å². The van der Waals surface area contributed by atoms with E-state index in [-0.39, 0.29) is 32.7 Å². The molecule has 1 rings (SSSR count). The summed E-state index contributed by atoms with van der Waals surface area (Å²) in [6, 6.07) is 2.61. The molecule has 1 radical (unpaired) electrons. The van der Waals surface area contributed by atoms with Crippen LogP contribution in [0.2, 0.25) is 0 Å². The Morgan fingerprint density at radius 1 is 1.86 bits per heavy atom. The molecule has 0 spiro atoms. The minimum Gasteiger partial charge on any atom is -0.414 e. The Morgan fingerprint density at radius 2 is 2.57 bits per heavy atom. The molecule has 0 atom stereocenters. The van der Waals surface area contributed by atoms with Crippen molar-refractivity contribution in [3.8, 4) is 0 Å². The zero-order valence-electron chi connectivity index (χ0n) is 3.68. The van der Waals surface area contributed by atoms with Gasteiger partial charge < -0.3 is 16.9 Å². The van der Waals surface area contributed by atoms with Gasteiger partial charge in [0, 0.05) is 32.7 Å². The minimum atomic E-state index is 0. The van der Waals surface area contributed by atoms with Crippen LogP contribution in [-0.2, 0) is 32.7 Å². The van der Waals surface area contributed by atoms with Crippen LogP contribution in [0.25, 0.3) is 0 Å². The van der Waals surface area contributed by atoms with Gasteiger partial charge in [0.05, 0.1) is 0 Å². The van der Waals surface area contributed by atoms with Gasteiger partial charge in [0.2, 0.25) is 0 Å². The van der Waals surface area contributed by atoms with Gasteiger partial charge in [0.15, 0.2) is 0 Å². The number of nitrogens with zero attached hydrogens (tertiary/aromatic N) is 1. The number of nitrogens with one attached hydrogen (secondary N) is 1. The molecule has 1 aromatic heterocycles. The minimum absolute atomic E-state index is 0. The van der Waals surface area contributed by atoms with E-state index in [1.165, 1.54) is 6.20 Å². The van der Waals surface area contributed by atoms with Crippen molar-refractivity contribution in [1.82, 2.24) is 10.2 Å². The maximum atomic E-state index is 5.10. The second-order valence-corrected chi connectivity index (χ2v) is 0.928. The van der Waals surface area contributed by atoms with Crippen molar-refractivity contribution in [1.29, 1.82) is 0 Å². The Kier molecular flexibility index (Phi) is 3.21. The van der Waals surface area contributed by atoms with E-state index in [0.29, 0.717) is 5.82 Å². The van der Waals surface area contributed by atoms with E-state index in [2.05, 4.69) is 16.3 Å². The normalized spacial score (nSPS) is 7.43. The molecule has 1 heterocycles. The maximum absolute atomic E-state index is 5.10. The number of rotatable bonds is 0. The quantitative estimate of drug-likeness (QED) is 0.530. The Morgan fingerprint density at radius 3 is 2.71 bits per heavy atom. The maximum Gasteiger partial charge on any atom is 0 e. The topological polar surface area (TPSA) is 54.7 Å². The number of nitrogens with two attached hydrogens (primary N) is 1. The Bertz CT molecular complexity index is 114. The number of hydrogen-bond donors (Lipinski definition) is 2. The van der Waals surface area contributed by atoms with Crippen molar-refractivity contribution < 1.29 is 32.7 Å². The number of nitrogen functional groups attached to an aromatic ring is 1. The SMILES string of the molecule is Nc1[c-]cn[nH]1.[Y]. The number of aromatic nitrogens is 2. The molecule has 3 nitrogen and oxygen atoms in total. The van der Waals surface area contributed by atoms with Crippen molar-refractivity contribution in [3.63, 3.8) is 0 Å². The van der Waals surface area contributed by atoms with Gasteiger partial charge in [-0.3, -0.25) is 0 Å². The molecular weight excluding hydrogens is 167 g/mol.